The van der Waals surface area contributed by atoms with Crippen molar-refractivity contribution in [2.75, 3.05) is 20.3 Å². The van der Waals surface area contributed by atoms with Crippen molar-refractivity contribution in [1.29, 1.82) is 0 Å². The Kier molecular flexibility index (Phi) is 5.85. The van der Waals surface area contributed by atoms with Crippen molar-refractivity contribution in [3.8, 4) is 11.3 Å². The van der Waals surface area contributed by atoms with E-state index < -0.39 is 0 Å². The molecule has 1 aromatic heterocycles. The van der Waals surface area contributed by atoms with E-state index >= 15 is 0 Å². The van der Waals surface area contributed by atoms with Crippen LogP contribution < -0.4 is 10.9 Å². The monoisotopic (exact) mass is 301 g/mol. The van der Waals surface area contributed by atoms with Gasteiger partial charge in [-0.05, 0) is 12.5 Å². The van der Waals surface area contributed by atoms with E-state index in [4.69, 9.17) is 4.74 Å². The highest BCUT2D eigenvalue weighted by molar-refractivity contribution is 5.77. The average Bonchev–Trinajstić information content (AvgIpc) is 2.54. The maximum Gasteiger partial charge on any atom is 0.266 e. The second kappa shape index (κ2) is 8.09. The van der Waals surface area contributed by atoms with Gasteiger partial charge < -0.3 is 10.1 Å². The van der Waals surface area contributed by atoms with Gasteiger partial charge in [0.25, 0.3) is 5.56 Å². The number of nitrogens with one attached hydrogen (secondary N) is 1. The number of hydrogen-bond donors (Lipinski definition) is 1. The summed E-state index contributed by atoms with van der Waals surface area (Å²) >= 11 is 0. The fraction of sp³-hybridized carbons (Fsp3) is 0.312. The lowest BCUT2D eigenvalue weighted by Crippen LogP contribution is -2.30. The third-order valence-electron chi connectivity index (χ3n) is 3.08. The number of nitrogens with zero attached hydrogens (tertiary/aromatic N) is 2. The number of benzene rings is 1. The number of methoxy groups -OCH3 is 1. The molecular formula is C16H19N3O3. The molecule has 1 amide bonds. The highest BCUT2D eigenvalue weighted by atomic mass is 16.5. The Hall–Kier alpha value is -2.47. The van der Waals surface area contributed by atoms with E-state index in [0.29, 0.717) is 19.5 Å². The van der Waals surface area contributed by atoms with Crippen molar-refractivity contribution in [3.05, 3.63) is 52.8 Å². The molecule has 6 heteroatoms. The smallest absolute Gasteiger partial charge is 0.266 e. The lowest BCUT2D eigenvalue weighted by Gasteiger charge is -2.08. The van der Waals surface area contributed by atoms with Gasteiger partial charge in [-0.1, -0.05) is 30.3 Å². The summed E-state index contributed by atoms with van der Waals surface area (Å²) in [6.45, 7) is 0.973. The molecule has 0 bridgehead atoms. The van der Waals surface area contributed by atoms with Crippen molar-refractivity contribution >= 4 is 5.91 Å². The number of ether oxygens (including phenoxy) is 1. The van der Waals surface area contributed by atoms with Crippen LogP contribution in [-0.4, -0.2) is 35.9 Å². The predicted octanol–water partition coefficient (Wildman–Crippen LogP) is 1.06. The van der Waals surface area contributed by atoms with Crippen molar-refractivity contribution in [3.63, 3.8) is 0 Å². The molecule has 0 atom stereocenters. The zero-order valence-electron chi connectivity index (χ0n) is 12.5. The molecule has 0 saturated carbocycles. The maximum atomic E-state index is 11.8. The summed E-state index contributed by atoms with van der Waals surface area (Å²) in [5.74, 6) is -0.166. The molecule has 1 aromatic carbocycles. The van der Waals surface area contributed by atoms with Gasteiger partial charge in [0.1, 0.15) is 6.61 Å². The lowest BCUT2D eigenvalue weighted by molar-refractivity contribution is -0.124. The van der Waals surface area contributed by atoms with Gasteiger partial charge in [-0.3, -0.25) is 9.59 Å². The quantitative estimate of drug-likeness (QED) is 0.776. The molecule has 1 N–H and O–H groups in total. The summed E-state index contributed by atoms with van der Waals surface area (Å²) in [4.78, 5) is 23.1. The SMILES string of the molecule is COCC(=O)NCCCn1nc(-c2ccccc2)ccc1=O. The summed E-state index contributed by atoms with van der Waals surface area (Å²) in [6.07, 6.45) is 0.626. The highest BCUT2D eigenvalue weighted by Crippen LogP contribution is 2.13. The summed E-state index contributed by atoms with van der Waals surface area (Å²) in [6, 6.07) is 12.9. The zero-order chi connectivity index (χ0) is 15.8. The molecule has 116 valence electrons. The van der Waals surface area contributed by atoms with Gasteiger partial charge in [-0.15, -0.1) is 0 Å². The number of rotatable bonds is 7. The Labute approximate surface area is 128 Å². The first-order chi connectivity index (χ1) is 10.7. The minimum atomic E-state index is -0.166. The van der Waals surface area contributed by atoms with Crippen LogP contribution in [0.25, 0.3) is 11.3 Å². The maximum absolute atomic E-state index is 11.8. The molecule has 0 aliphatic heterocycles. The number of aryl methyl sites for hydroxylation is 1. The minimum Gasteiger partial charge on any atom is -0.375 e. The van der Waals surface area contributed by atoms with Gasteiger partial charge in [0, 0.05) is 31.8 Å². The standard InChI is InChI=1S/C16H19N3O3/c1-22-12-15(20)17-10-5-11-19-16(21)9-8-14(18-19)13-6-3-2-4-7-13/h2-4,6-9H,5,10-12H2,1H3,(H,17,20). The van der Waals surface area contributed by atoms with Gasteiger partial charge >= 0.3 is 0 Å². The molecule has 0 fully saturated rings. The number of hydrogen-bond acceptors (Lipinski definition) is 4. The molecule has 0 radical (unpaired) electrons. The Bertz CT molecular complexity index is 668. The van der Waals surface area contributed by atoms with Crippen LogP contribution in [0.4, 0.5) is 0 Å². The molecule has 0 aliphatic carbocycles. The molecular weight excluding hydrogens is 282 g/mol. The number of amides is 1. The van der Waals surface area contributed by atoms with E-state index in [1.165, 1.54) is 17.9 Å². The first-order valence-electron chi connectivity index (χ1n) is 7.10. The first kappa shape index (κ1) is 15.9. The second-order valence-electron chi connectivity index (χ2n) is 4.78. The molecule has 2 rings (SSSR count). The molecule has 0 spiro atoms. The van der Waals surface area contributed by atoms with E-state index in [0.717, 1.165) is 11.3 Å². The zero-order valence-corrected chi connectivity index (χ0v) is 12.5. The van der Waals surface area contributed by atoms with Gasteiger partial charge in [-0.2, -0.15) is 5.10 Å². The van der Waals surface area contributed by atoms with Crippen LogP contribution in [0.3, 0.4) is 0 Å². The van der Waals surface area contributed by atoms with E-state index in [1.807, 2.05) is 30.3 Å². The number of carbonyl (C=O) groups excluding carboxylic acids is 1. The summed E-state index contributed by atoms with van der Waals surface area (Å²) in [5, 5.41) is 7.07. The van der Waals surface area contributed by atoms with Crippen LogP contribution in [0.15, 0.2) is 47.3 Å². The van der Waals surface area contributed by atoms with E-state index in [-0.39, 0.29) is 18.1 Å². The van der Waals surface area contributed by atoms with Gasteiger partial charge in [0.05, 0.1) is 5.69 Å². The van der Waals surface area contributed by atoms with Crippen LogP contribution in [0.5, 0.6) is 0 Å². The van der Waals surface area contributed by atoms with Crippen molar-refractivity contribution in [2.45, 2.75) is 13.0 Å². The largest absolute Gasteiger partial charge is 0.375 e. The van der Waals surface area contributed by atoms with Crippen LogP contribution in [-0.2, 0) is 16.1 Å². The minimum absolute atomic E-state index is 0.0433. The topological polar surface area (TPSA) is 73.2 Å². The molecule has 0 aliphatic rings. The van der Waals surface area contributed by atoms with Crippen LogP contribution in [0.2, 0.25) is 0 Å². The fourth-order valence-electron chi connectivity index (χ4n) is 2.01. The first-order valence-corrected chi connectivity index (χ1v) is 7.10. The normalized spacial score (nSPS) is 10.4. The van der Waals surface area contributed by atoms with E-state index in [2.05, 4.69) is 10.4 Å². The van der Waals surface area contributed by atoms with E-state index in [9.17, 15) is 9.59 Å². The summed E-state index contributed by atoms with van der Waals surface area (Å²) < 4.78 is 6.14. The van der Waals surface area contributed by atoms with Crippen LogP contribution >= 0.6 is 0 Å². The fourth-order valence-corrected chi connectivity index (χ4v) is 2.01. The lowest BCUT2D eigenvalue weighted by atomic mass is 10.1. The molecule has 22 heavy (non-hydrogen) atoms. The average molecular weight is 301 g/mol. The molecule has 2 aromatic rings. The van der Waals surface area contributed by atoms with Crippen LogP contribution in [0.1, 0.15) is 6.42 Å². The second-order valence-corrected chi connectivity index (χ2v) is 4.78. The Morgan fingerprint density at radius 2 is 2.00 bits per heavy atom. The molecule has 0 unspecified atom stereocenters. The predicted molar refractivity (Wildman–Crippen MR) is 83.4 cm³/mol. The molecule has 6 nitrogen and oxygen atoms in total. The van der Waals surface area contributed by atoms with Gasteiger partial charge in [0.15, 0.2) is 0 Å². The summed E-state index contributed by atoms with van der Waals surface area (Å²) in [5.41, 5.74) is 1.57. The van der Waals surface area contributed by atoms with Crippen molar-refractivity contribution in [1.82, 2.24) is 15.1 Å². The van der Waals surface area contributed by atoms with Crippen molar-refractivity contribution in [2.24, 2.45) is 0 Å². The Morgan fingerprint density at radius 3 is 2.73 bits per heavy atom. The summed E-state index contributed by atoms with van der Waals surface area (Å²) in [7, 11) is 1.47. The molecule has 0 saturated heterocycles. The number of aromatic nitrogens is 2. The van der Waals surface area contributed by atoms with Gasteiger partial charge in [0.2, 0.25) is 5.91 Å². The highest BCUT2D eigenvalue weighted by Gasteiger charge is 2.04. The van der Waals surface area contributed by atoms with Gasteiger partial charge in [-0.25, -0.2) is 4.68 Å². The van der Waals surface area contributed by atoms with Crippen LogP contribution in [0, 0.1) is 0 Å². The van der Waals surface area contributed by atoms with E-state index in [1.54, 1.807) is 6.07 Å². The third kappa shape index (κ3) is 4.53. The Balaban J connectivity index is 1.96. The third-order valence-corrected chi connectivity index (χ3v) is 3.08. The number of carbonyl (C=O) groups is 1. The van der Waals surface area contributed by atoms with Crippen molar-refractivity contribution < 1.29 is 9.53 Å². The Morgan fingerprint density at radius 1 is 1.23 bits per heavy atom. The molecule has 1 heterocycles.